The van der Waals surface area contributed by atoms with Gasteiger partial charge in [-0.2, -0.15) is 0 Å². The molecule has 1 aromatic carbocycles. The summed E-state index contributed by atoms with van der Waals surface area (Å²) in [5.41, 5.74) is 2.08. The van der Waals surface area contributed by atoms with E-state index < -0.39 is 0 Å². The summed E-state index contributed by atoms with van der Waals surface area (Å²) in [6.45, 7) is 5.20. The minimum absolute atomic E-state index is 0.0650. The molecule has 2 heterocycles. The van der Waals surface area contributed by atoms with Crippen LogP contribution >= 0.6 is 0 Å². The van der Waals surface area contributed by atoms with Crippen LogP contribution in [0.15, 0.2) is 29.3 Å². The van der Waals surface area contributed by atoms with Crippen LogP contribution < -0.4 is 16.0 Å². The molecule has 2 atom stereocenters. The largest absolute Gasteiger partial charge is 0.378 e. The molecule has 0 spiro atoms. The lowest BCUT2D eigenvalue weighted by Crippen LogP contribution is -2.39. The number of rotatable bonds is 6. The first-order chi connectivity index (χ1) is 12.3. The van der Waals surface area contributed by atoms with Gasteiger partial charge >= 0.3 is 0 Å². The van der Waals surface area contributed by atoms with Crippen molar-refractivity contribution in [3.63, 3.8) is 0 Å². The Balaban J connectivity index is 1.58. The third-order valence-electron chi connectivity index (χ3n) is 4.70. The third-order valence-corrected chi connectivity index (χ3v) is 4.70. The average molecular weight is 344 g/mol. The first-order valence-electron chi connectivity index (χ1n) is 9.29. The van der Waals surface area contributed by atoms with Gasteiger partial charge < -0.3 is 20.7 Å². The number of carbonyl (C=O) groups is 1. The first kappa shape index (κ1) is 17.7. The molecule has 0 aliphatic carbocycles. The minimum Gasteiger partial charge on any atom is -0.378 e. The van der Waals surface area contributed by atoms with Crippen LogP contribution in [0.25, 0.3) is 0 Å². The number of nitrogens with zero attached hydrogens (tertiary/aromatic N) is 1. The summed E-state index contributed by atoms with van der Waals surface area (Å²) >= 11 is 0. The number of carbonyl (C=O) groups excluding carboxylic acids is 1. The maximum atomic E-state index is 11.9. The van der Waals surface area contributed by atoms with Crippen LogP contribution in [0, 0.1) is 0 Å². The standard InChI is InChI=1S/C19H28N4O2/c1-2-20-19(21-10-9-15-6-5-11-25-15)22-13-14-12-18(24)23-17-8-4-3-7-16(14)17/h3-4,7-8,14-15H,2,5-6,9-13H2,1H3,(H,23,24)(H2,20,21,22). The highest BCUT2D eigenvalue weighted by molar-refractivity contribution is 5.94. The van der Waals surface area contributed by atoms with Gasteiger partial charge in [0.25, 0.3) is 0 Å². The molecule has 0 bridgehead atoms. The normalized spacial score (nSPS) is 23.1. The van der Waals surface area contributed by atoms with Crippen molar-refractivity contribution >= 4 is 17.6 Å². The molecule has 3 N–H and O–H groups in total. The van der Waals surface area contributed by atoms with Crippen molar-refractivity contribution in [2.24, 2.45) is 4.99 Å². The summed E-state index contributed by atoms with van der Waals surface area (Å²) in [5, 5.41) is 9.60. The van der Waals surface area contributed by atoms with E-state index in [2.05, 4.69) is 28.9 Å². The zero-order chi connectivity index (χ0) is 17.5. The Morgan fingerprint density at radius 3 is 3.04 bits per heavy atom. The lowest BCUT2D eigenvalue weighted by molar-refractivity contribution is -0.116. The van der Waals surface area contributed by atoms with Crippen LogP contribution in [0.5, 0.6) is 0 Å². The average Bonchev–Trinajstić information content (AvgIpc) is 3.12. The first-order valence-corrected chi connectivity index (χ1v) is 9.29. The van der Waals surface area contributed by atoms with Crippen LogP contribution in [-0.2, 0) is 9.53 Å². The monoisotopic (exact) mass is 344 g/mol. The Labute approximate surface area is 149 Å². The second kappa shape index (κ2) is 8.85. The molecule has 3 rings (SSSR count). The highest BCUT2D eigenvalue weighted by atomic mass is 16.5. The van der Waals surface area contributed by atoms with E-state index >= 15 is 0 Å². The maximum Gasteiger partial charge on any atom is 0.225 e. The Hall–Kier alpha value is -2.08. The lowest BCUT2D eigenvalue weighted by Gasteiger charge is -2.24. The molecule has 0 aromatic heterocycles. The summed E-state index contributed by atoms with van der Waals surface area (Å²) in [6.07, 6.45) is 4.18. The van der Waals surface area contributed by atoms with E-state index in [1.165, 1.54) is 12.0 Å². The van der Waals surface area contributed by atoms with Gasteiger partial charge in [0.2, 0.25) is 5.91 Å². The topological polar surface area (TPSA) is 74.8 Å². The van der Waals surface area contributed by atoms with Gasteiger partial charge in [-0.1, -0.05) is 18.2 Å². The molecule has 1 fully saturated rings. The number of ether oxygens (including phenoxy) is 1. The van der Waals surface area contributed by atoms with E-state index in [-0.39, 0.29) is 11.8 Å². The molecule has 0 saturated carbocycles. The van der Waals surface area contributed by atoms with E-state index in [1.807, 2.05) is 18.2 Å². The van der Waals surface area contributed by atoms with Crippen LogP contribution in [0.3, 0.4) is 0 Å². The number of hydrogen-bond donors (Lipinski definition) is 3. The van der Waals surface area contributed by atoms with Crippen molar-refractivity contribution in [3.8, 4) is 0 Å². The van der Waals surface area contributed by atoms with Crippen molar-refractivity contribution in [2.45, 2.75) is 44.6 Å². The number of nitrogens with one attached hydrogen (secondary N) is 3. The van der Waals surface area contributed by atoms with Crippen LogP contribution in [0.2, 0.25) is 0 Å². The van der Waals surface area contributed by atoms with E-state index in [1.54, 1.807) is 0 Å². The van der Waals surface area contributed by atoms with Crippen molar-refractivity contribution in [1.82, 2.24) is 10.6 Å². The molecule has 25 heavy (non-hydrogen) atoms. The van der Waals surface area contributed by atoms with E-state index in [4.69, 9.17) is 9.73 Å². The molecule has 6 nitrogen and oxygen atoms in total. The molecular weight excluding hydrogens is 316 g/mol. The SMILES string of the molecule is CCNC(=NCC1CC(=O)Nc2ccccc21)NCCC1CCCO1. The van der Waals surface area contributed by atoms with Gasteiger partial charge in [-0.25, -0.2) is 0 Å². The molecular formula is C19H28N4O2. The summed E-state index contributed by atoms with van der Waals surface area (Å²) in [6, 6.07) is 7.99. The van der Waals surface area contributed by atoms with Gasteiger partial charge in [-0.15, -0.1) is 0 Å². The molecule has 2 aliphatic heterocycles. The number of guanidine groups is 1. The van der Waals surface area contributed by atoms with Crippen LogP contribution in [0.1, 0.15) is 44.1 Å². The number of benzene rings is 1. The lowest BCUT2D eigenvalue weighted by atomic mass is 9.91. The molecule has 136 valence electrons. The second-order valence-corrected chi connectivity index (χ2v) is 6.61. The minimum atomic E-state index is 0.0650. The number of amides is 1. The Bertz CT molecular complexity index is 611. The smallest absolute Gasteiger partial charge is 0.225 e. The van der Waals surface area contributed by atoms with Crippen molar-refractivity contribution in [3.05, 3.63) is 29.8 Å². The molecule has 1 saturated heterocycles. The fourth-order valence-electron chi connectivity index (χ4n) is 3.43. The number of anilines is 1. The highest BCUT2D eigenvalue weighted by Crippen LogP contribution is 2.31. The van der Waals surface area contributed by atoms with Crippen molar-refractivity contribution < 1.29 is 9.53 Å². The molecule has 6 heteroatoms. The van der Waals surface area contributed by atoms with Crippen molar-refractivity contribution in [2.75, 3.05) is 31.6 Å². The molecule has 2 aliphatic rings. The van der Waals surface area contributed by atoms with E-state index in [0.717, 1.165) is 44.2 Å². The number of hydrogen-bond acceptors (Lipinski definition) is 3. The number of para-hydroxylation sites is 1. The van der Waals surface area contributed by atoms with E-state index in [0.29, 0.717) is 19.1 Å². The fourth-order valence-corrected chi connectivity index (χ4v) is 3.43. The predicted octanol–water partition coefficient (Wildman–Crippen LogP) is 2.24. The van der Waals surface area contributed by atoms with Gasteiger partial charge in [0, 0.05) is 37.7 Å². The van der Waals surface area contributed by atoms with Gasteiger partial charge in [-0.05, 0) is 37.8 Å². The zero-order valence-corrected chi connectivity index (χ0v) is 14.9. The van der Waals surface area contributed by atoms with E-state index in [9.17, 15) is 4.79 Å². The maximum absolute atomic E-state index is 11.9. The Kier molecular flexibility index (Phi) is 6.28. The number of aliphatic imine (C=N–C) groups is 1. The van der Waals surface area contributed by atoms with Crippen LogP contribution in [0.4, 0.5) is 5.69 Å². The van der Waals surface area contributed by atoms with Crippen LogP contribution in [-0.4, -0.2) is 44.2 Å². The fraction of sp³-hybridized carbons (Fsp3) is 0.579. The number of fused-ring (bicyclic) bond motifs is 1. The van der Waals surface area contributed by atoms with Gasteiger partial charge in [0.05, 0.1) is 12.6 Å². The zero-order valence-electron chi connectivity index (χ0n) is 14.9. The molecule has 1 aromatic rings. The molecule has 1 amide bonds. The highest BCUT2D eigenvalue weighted by Gasteiger charge is 2.24. The third kappa shape index (κ3) is 4.95. The predicted molar refractivity (Wildman–Crippen MR) is 100 cm³/mol. The quantitative estimate of drug-likeness (QED) is 0.546. The van der Waals surface area contributed by atoms with Gasteiger partial charge in [-0.3, -0.25) is 9.79 Å². The molecule has 0 radical (unpaired) electrons. The summed E-state index contributed by atoms with van der Waals surface area (Å²) in [5.74, 6) is 0.998. The van der Waals surface area contributed by atoms with Crippen molar-refractivity contribution in [1.29, 1.82) is 0 Å². The molecule has 2 unspecified atom stereocenters. The summed E-state index contributed by atoms with van der Waals surface area (Å²) in [7, 11) is 0. The Morgan fingerprint density at radius 2 is 2.24 bits per heavy atom. The Morgan fingerprint density at radius 1 is 1.36 bits per heavy atom. The summed E-state index contributed by atoms with van der Waals surface area (Å²) < 4.78 is 5.66. The summed E-state index contributed by atoms with van der Waals surface area (Å²) in [4.78, 5) is 16.6. The van der Waals surface area contributed by atoms with Gasteiger partial charge in [0.15, 0.2) is 5.96 Å². The van der Waals surface area contributed by atoms with Gasteiger partial charge in [0.1, 0.15) is 0 Å². The second-order valence-electron chi connectivity index (χ2n) is 6.61.